The van der Waals surface area contributed by atoms with Crippen molar-refractivity contribution in [2.24, 2.45) is 0 Å². The zero-order chi connectivity index (χ0) is 3.58. The number of carbonyl (C=O) groups is 1. The third-order valence-electron chi connectivity index (χ3n) is 0. The van der Waals surface area contributed by atoms with Gasteiger partial charge in [-0.05, 0) is 0 Å². The van der Waals surface area contributed by atoms with Crippen molar-refractivity contribution in [1.82, 2.24) is 0 Å². The molecule has 10 heteroatoms. The van der Waals surface area contributed by atoms with E-state index in [-0.39, 0.29) is 66.8 Å². The Balaban J connectivity index is -0.00000000214. The molecule has 8 nitrogen and oxygen atoms in total. The van der Waals surface area contributed by atoms with E-state index < -0.39 is 6.16 Å². The zero-order valence-corrected chi connectivity index (χ0v) is 8.18. The Morgan fingerprint density at radius 2 is 1.00 bits per heavy atom. The topological polar surface area (TPSA) is 205 Å². The second kappa shape index (κ2) is 81.1. The zero-order valence-electron chi connectivity index (χ0n) is 4.80. The normalized spacial score (nSPS) is 2.18. The van der Waals surface area contributed by atoms with Crippen LogP contribution in [0, 0.1) is 0 Å². The molecule has 0 aliphatic rings. The third-order valence-corrected chi connectivity index (χ3v) is 0. The van der Waals surface area contributed by atoms with Crippen LogP contribution in [0.2, 0.25) is 0 Å². The maximum Gasteiger partial charge on any atom is 5.00 e. The predicted molar refractivity (Wildman–Crippen MR) is 18.3 cm³/mol. The summed E-state index contributed by atoms with van der Waals surface area (Å²) in [6.45, 7) is 0. The van der Waals surface area contributed by atoms with Crippen molar-refractivity contribution in [2.45, 2.75) is 0 Å². The van der Waals surface area contributed by atoms with Crippen LogP contribution in [0.4, 0.5) is 4.79 Å². The summed E-state index contributed by atoms with van der Waals surface area (Å²) in [6, 6.07) is 0. The first-order chi connectivity index (χ1) is 1.73. The summed E-state index contributed by atoms with van der Waals surface area (Å²) in [4.78, 5) is 8.56. The van der Waals surface area contributed by atoms with Crippen LogP contribution in [0.25, 0.3) is 0 Å². The van der Waals surface area contributed by atoms with E-state index in [0.29, 0.717) is 0 Å². The Morgan fingerprint density at radius 3 is 1.00 bits per heavy atom. The average molecular weight is 293 g/mol. The van der Waals surface area contributed by atoms with Crippen molar-refractivity contribution in [3.63, 3.8) is 0 Å². The molecular weight excluding hydrogens is 288 g/mol. The summed E-state index contributed by atoms with van der Waals surface area (Å²) in [5.41, 5.74) is 0. The van der Waals surface area contributed by atoms with E-state index in [4.69, 9.17) is 15.0 Å². The van der Waals surface area contributed by atoms with Crippen LogP contribution >= 0.6 is 0 Å². The van der Waals surface area contributed by atoms with Crippen molar-refractivity contribution in [1.29, 1.82) is 0 Å². The molecule has 0 aromatic carbocycles. The van der Waals surface area contributed by atoms with Gasteiger partial charge >= 0.3 is 45.6 Å². The van der Waals surface area contributed by atoms with Crippen LogP contribution in [0.15, 0.2) is 0 Å². The van der Waals surface area contributed by atoms with Gasteiger partial charge in [0.2, 0.25) is 0 Å². The molecule has 0 aliphatic heterocycles. The van der Waals surface area contributed by atoms with E-state index >= 15 is 0 Å². The second-order valence-electron chi connectivity index (χ2n) is 0.283. The fraction of sp³-hybridized carbons (Fsp3) is 0. The first-order valence-corrected chi connectivity index (χ1v) is 0.651. The molecule has 0 saturated carbocycles. The van der Waals surface area contributed by atoms with E-state index in [1.807, 2.05) is 0 Å². The molecule has 0 saturated heterocycles. The van der Waals surface area contributed by atoms with E-state index in [1.54, 1.807) is 0 Å². The van der Waals surface area contributed by atoms with Gasteiger partial charge in [-0.25, -0.2) is 4.79 Å². The maximum absolute atomic E-state index is 8.56. The van der Waals surface area contributed by atoms with Gasteiger partial charge in [-0.2, -0.15) is 0 Å². The average Bonchev–Trinajstić information content (AvgIpc) is 0.811. The SMILES string of the molecule is O.O=C(O)O.[Mn+2].[Nb+5].[O-2].[O-2].[O-2].[OH-]. The van der Waals surface area contributed by atoms with Gasteiger partial charge in [-0.3, -0.25) is 0 Å². The van der Waals surface area contributed by atoms with Crippen LogP contribution in [0.3, 0.4) is 0 Å². The molecule has 69 valence electrons. The Bertz CT molecular complexity index is 37.1. The van der Waals surface area contributed by atoms with Crippen molar-refractivity contribution in [3.8, 4) is 0 Å². The quantitative estimate of drug-likeness (QED) is 0.530. The summed E-state index contributed by atoms with van der Waals surface area (Å²) in [5.74, 6) is 0. The number of hydrogen-bond donors (Lipinski definition) is 2. The molecule has 0 aliphatic carbocycles. The van der Waals surface area contributed by atoms with Gasteiger partial charge in [0.15, 0.2) is 0 Å². The van der Waals surface area contributed by atoms with Gasteiger partial charge in [0, 0.05) is 0 Å². The minimum absolute atomic E-state index is 0. The molecule has 0 atom stereocenters. The first-order valence-electron chi connectivity index (χ1n) is 0.651. The molecule has 0 rings (SSSR count). The Labute approximate surface area is 88.1 Å². The summed E-state index contributed by atoms with van der Waals surface area (Å²) in [5, 5.41) is 13.9. The second-order valence-corrected chi connectivity index (χ2v) is 0.283. The largest absolute Gasteiger partial charge is 5.00 e. The van der Waals surface area contributed by atoms with Gasteiger partial charge in [0.05, 0.1) is 0 Å². The summed E-state index contributed by atoms with van der Waals surface area (Å²) in [7, 11) is 0. The molecule has 0 heterocycles. The summed E-state index contributed by atoms with van der Waals surface area (Å²) >= 11 is 0. The van der Waals surface area contributed by atoms with Crippen molar-refractivity contribution in [3.05, 3.63) is 0 Å². The maximum atomic E-state index is 8.56. The van der Waals surface area contributed by atoms with Crippen molar-refractivity contribution in [2.75, 3.05) is 0 Å². The van der Waals surface area contributed by atoms with Crippen LogP contribution in [0.5, 0.6) is 0 Å². The van der Waals surface area contributed by atoms with Crippen molar-refractivity contribution >= 4 is 6.16 Å². The van der Waals surface area contributed by atoms with Crippen LogP contribution in [0.1, 0.15) is 0 Å². The Kier molecular flexibility index (Phi) is 804. The molecule has 5 N–H and O–H groups in total. The fourth-order valence-corrected chi connectivity index (χ4v) is 0. The van der Waals surface area contributed by atoms with E-state index in [2.05, 4.69) is 0 Å². The molecule has 11 heavy (non-hydrogen) atoms. The number of carboxylic acid groups (broad SMARTS) is 2. The van der Waals surface area contributed by atoms with Crippen LogP contribution in [-0.2, 0) is 55.9 Å². The van der Waals surface area contributed by atoms with Crippen molar-refractivity contribution < 1.29 is 81.8 Å². The van der Waals surface area contributed by atoms with E-state index in [1.165, 1.54) is 0 Å². The molecule has 0 aromatic rings. The predicted octanol–water partition coefficient (Wildman–Crippen LogP) is -1.14. The van der Waals surface area contributed by atoms with Gasteiger partial charge in [0.1, 0.15) is 0 Å². The summed E-state index contributed by atoms with van der Waals surface area (Å²) < 4.78 is 0. The standard InChI is InChI=1S/CH2O3.Mn.Nb.2H2O.3O/c2-1(3)4;;;;;;;/h(H2,2,3,4);;;2*1H2;;;/q;+2;+5;;;3*-2/p-1. The van der Waals surface area contributed by atoms with E-state index in [0.717, 1.165) is 0 Å². The summed E-state index contributed by atoms with van der Waals surface area (Å²) in [6.07, 6.45) is -1.83. The smallest absolute Gasteiger partial charge is 2.00 e. The Hall–Kier alpha value is 0.330. The molecule has 1 radical (unpaired) electrons. The first kappa shape index (κ1) is 109. The molecule has 0 spiro atoms. The van der Waals surface area contributed by atoms with Gasteiger partial charge in [-0.1, -0.05) is 0 Å². The molecular formula is CH5MnNbO8. The number of rotatable bonds is 0. The minimum atomic E-state index is -1.83. The molecule has 0 unspecified atom stereocenters. The third kappa shape index (κ3) is 6590. The molecule has 0 fully saturated rings. The van der Waals surface area contributed by atoms with Crippen LogP contribution in [-0.4, -0.2) is 27.3 Å². The van der Waals surface area contributed by atoms with Gasteiger partial charge in [0.25, 0.3) is 0 Å². The Morgan fingerprint density at radius 1 is 1.00 bits per heavy atom. The fourth-order valence-electron chi connectivity index (χ4n) is 0. The number of hydrogen-bond acceptors (Lipinski definition) is 2. The van der Waals surface area contributed by atoms with E-state index in [9.17, 15) is 0 Å². The monoisotopic (exact) mass is 293 g/mol. The minimum Gasteiger partial charge on any atom is -2.00 e. The molecule has 0 aromatic heterocycles. The molecule has 0 bridgehead atoms. The van der Waals surface area contributed by atoms with Crippen LogP contribution < -0.4 is 0 Å². The van der Waals surface area contributed by atoms with Gasteiger partial charge in [-0.15, -0.1) is 0 Å². The van der Waals surface area contributed by atoms with Gasteiger partial charge < -0.3 is 37.6 Å². The molecule has 0 amide bonds.